The number of thiophene rings is 1. The highest BCUT2D eigenvalue weighted by Crippen LogP contribution is 2.36. The number of rotatable bonds is 5. The molecule has 0 aliphatic carbocycles. The quantitative estimate of drug-likeness (QED) is 0.421. The fraction of sp³-hybridized carbons (Fsp3) is 0.280. The number of hydrogen-bond donors (Lipinski definition) is 1. The van der Waals surface area contributed by atoms with Gasteiger partial charge in [0, 0.05) is 28.8 Å². The van der Waals surface area contributed by atoms with Gasteiger partial charge in [-0.3, -0.25) is 9.59 Å². The molecule has 5 rings (SSSR count). The molecule has 7 heteroatoms. The van der Waals surface area contributed by atoms with Crippen LogP contribution in [-0.4, -0.2) is 35.0 Å². The molecule has 32 heavy (non-hydrogen) atoms. The van der Waals surface area contributed by atoms with E-state index in [0.717, 1.165) is 39.4 Å². The van der Waals surface area contributed by atoms with Crippen molar-refractivity contribution in [3.05, 3.63) is 79.9 Å². The summed E-state index contributed by atoms with van der Waals surface area (Å²) < 4.78 is 6.77. The molecule has 0 radical (unpaired) electrons. The van der Waals surface area contributed by atoms with Crippen LogP contribution in [0.4, 0.5) is 0 Å². The van der Waals surface area contributed by atoms with E-state index in [9.17, 15) is 9.59 Å². The van der Waals surface area contributed by atoms with Gasteiger partial charge in [0.25, 0.3) is 11.5 Å². The lowest BCUT2D eigenvalue weighted by molar-refractivity contribution is 0.0510. The first kappa shape index (κ1) is 21.2. The number of carbonyl (C=O) groups excluding carboxylic acids is 1. The van der Waals surface area contributed by atoms with Gasteiger partial charge in [-0.15, -0.1) is 11.3 Å². The molecule has 5 nitrogen and oxygen atoms in total. The van der Waals surface area contributed by atoms with Crippen molar-refractivity contribution in [2.75, 3.05) is 13.2 Å². The van der Waals surface area contributed by atoms with E-state index in [1.807, 2.05) is 55.5 Å². The second-order valence-electron chi connectivity index (χ2n) is 8.22. The van der Waals surface area contributed by atoms with Gasteiger partial charge in [-0.05, 0) is 42.8 Å². The lowest BCUT2D eigenvalue weighted by atomic mass is 10.1. The first-order chi connectivity index (χ1) is 15.5. The predicted octanol–water partition coefficient (Wildman–Crippen LogP) is 5.53. The molecule has 2 aromatic carbocycles. The van der Waals surface area contributed by atoms with Crippen LogP contribution in [0.25, 0.3) is 21.0 Å². The van der Waals surface area contributed by atoms with Gasteiger partial charge in [-0.1, -0.05) is 48.0 Å². The Morgan fingerprint density at radius 2 is 2.09 bits per heavy atom. The molecular weight excluding hydrogens is 444 g/mol. The Kier molecular flexibility index (Phi) is 5.76. The molecule has 1 atom stereocenters. The SMILES string of the molecule is Cc1cccc2cc(CN(C[C@H]3CCCO3)C(=O)c3sc4ccccc4c3Cl)c(=O)[nH]c12. The first-order valence-corrected chi connectivity index (χ1v) is 11.9. The van der Waals surface area contributed by atoms with E-state index in [1.54, 1.807) is 4.90 Å². The van der Waals surface area contributed by atoms with E-state index in [0.29, 0.717) is 28.6 Å². The van der Waals surface area contributed by atoms with Crippen LogP contribution in [0.5, 0.6) is 0 Å². The highest BCUT2D eigenvalue weighted by molar-refractivity contribution is 7.21. The number of halogens is 1. The number of nitrogens with zero attached hydrogens (tertiary/aromatic N) is 1. The highest BCUT2D eigenvalue weighted by atomic mass is 35.5. The Hall–Kier alpha value is -2.67. The maximum absolute atomic E-state index is 13.6. The summed E-state index contributed by atoms with van der Waals surface area (Å²) in [7, 11) is 0. The molecule has 1 aliphatic rings. The van der Waals surface area contributed by atoms with Crippen LogP contribution in [0.3, 0.4) is 0 Å². The van der Waals surface area contributed by atoms with Crippen molar-refractivity contribution in [3.8, 4) is 0 Å². The molecule has 164 valence electrons. The van der Waals surface area contributed by atoms with Gasteiger partial charge in [-0.25, -0.2) is 0 Å². The second-order valence-corrected chi connectivity index (χ2v) is 9.66. The van der Waals surface area contributed by atoms with Gasteiger partial charge in [0.15, 0.2) is 0 Å². The van der Waals surface area contributed by atoms with Crippen molar-refractivity contribution in [1.82, 2.24) is 9.88 Å². The monoisotopic (exact) mass is 466 g/mol. The van der Waals surface area contributed by atoms with Crippen LogP contribution in [0.1, 0.15) is 33.6 Å². The smallest absolute Gasteiger partial charge is 0.265 e. The van der Waals surface area contributed by atoms with Crippen molar-refractivity contribution >= 4 is 49.8 Å². The molecule has 3 heterocycles. The Bertz CT molecular complexity index is 1370. The number of ether oxygens (including phenoxy) is 1. The number of hydrogen-bond acceptors (Lipinski definition) is 4. The van der Waals surface area contributed by atoms with Crippen LogP contribution >= 0.6 is 22.9 Å². The molecule has 1 amide bonds. The van der Waals surface area contributed by atoms with Crippen molar-refractivity contribution < 1.29 is 9.53 Å². The molecule has 0 spiro atoms. The molecule has 1 N–H and O–H groups in total. The number of amides is 1. The van der Waals surface area contributed by atoms with E-state index in [2.05, 4.69) is 4.98 Å². The third-order valence-corrected chi connectivity index (χ3v) is 7.65. The van der Waals surface area contributed by atoms with E-state index in [-0.39, 0.29) is 24.1 Å². The molecule has 4 aromatic rings. The van der Waals surface area contributed by atoms with Gasteiger partial charge in [0.05, 0.1) is 23.2 Å². The lowest BCUT2D eigenvalue weighted by Gasteiger charge is -2.25. The van der Waals surface area contributed by atoms with Gasteiger partial charge in [0.1, 0.15) is 4.88 Å². The van der Waals surface area contributed by atoms with Crippen molar-refractivity contribution in [3.63, 3.8) is 0 Å². The number of aromatic nitrogens is 1. The third-order valence-electron chi connectivity index (χ3n) is 5.99. The number of aryl methyl sites for hydroxylation is 1. The normalized spacial score (nSPS) is 16.1. The van der Waals surface area contributed by atoms with E-state index in [4.69, 9.17) is 16.3 Å². The van der Waals surface area contributed by atoms with Crippen LogP contribution in [0, 0.1) is 6.92 Å². The summed E-state index contributed by atoms with van der Waals surface area (Å²) in [5.41, 5.74) is 2.20. The summed E-state index contributed by atoms with van der Waals surface area (Å²) in [5.74, 6) is -0.171. The fourth-order valence-electron chi connectivity index (χ4n) is 4.30. The van der Waals surface area contributed by atoms with Gasteiger partial charge in [-0.2, -0.15) is 0 Å². The number of benzene rings is 2. The maximum atomic E-state index is 13.6. The summed E-state index contributed by atoms with van der Waals surface area (Å²) in [6, 6.07) is 15.5. The van der Waals surface area contributed by atoms with Crippen LogP contribution in [-0.2, 0) is 11.3 Å². The van der Waals surface area contributed by atoms with Gasteiger partial charge < -0.3 is 14.6 Å². The van der Waals surface area contributed by atoms with Crippen molar-refractivity contribution in [2.45, 2.75) is 32.4 Å². The highest BCUT2D eigenvalue weighted by Gasteiger charge is 2.27. The van der Waals surface area contributed by atoms with Crippen LogP contribution in [0.2, 0.25) is 5.02 Å². The van der Waals surface area contributed by atoms with Crippen molar-refractivity contribution in [2.24, 2.45) is 0 Å². The second kappa shape index (κ2) is 8.70. The van der Waals surface area contributed by atoms with Gasteiger partial charge >= 0.3 is 0 Å². The van der Waals surface area contributed by atoms with E-state index >= 15 is 0 Å². The zero-order chi connectivity index (χ0) is 22.2. The molecule has 1 saturated heterocycles. The van der Waals surface area contributed by atoms with Gasteiger partial charge in [0.2, 0.25) is 0 Å². The maximum Gasteiger partial charge on any atom is 0.265 e. The number of aromatic amines is 1. The zero-order valence-corrected chi connectivity index (χ0v) is 19.3. The molecule has 2 aromatic heterocycles. The number of nitrogens with one attached hydrogen (secondary N) is 1. The molecule has 0 unspecified atom stereocenters. The average molecular weight is 467 g/mol. The van der Waals surface area contributed by atoms with Crippen molar-refractivity contribution in [1.29, 1.82) is 0 Å². The predicted molar refractivity (Wildman–Crippen MR) is 130 cm³/mol. The molecule has 1 fully saturated rings. The number of carbonyl (C=O) groups is 1. The standard InChI is InChI=1S/C25H23ClN2O3S/c1-15-6-4-7-16-12-17(24(29)27-22(15)16)13-28(14-18-8-5-11-31-18)25(30)23-21(26)19-9-2-3-10-20(19)32-23/h2-4,6-7,9-10,12,18H,5,8,11,13-14H2,1H3,(H,27,29)/t18-/m1/s1. The Labute approximate surface area is 194 Å². The van der Waals surface area contributed by atoms with E-state index in [1.165, 1.54) is 11.3 Å². The third kappa shape index (κ3) is 3.94. The zero-order valence-electron chi connectivity index (χ0n) is 17.7. The molecule has 1 aliphatic heterocycles. The summed E-state index contributed by atoms with van der Waals surface area (Å²) in [6.07, 6.45) is 1.84. The number of fused-ring (bicyclic) bond motifs is 2. The minimum absolute atomic E-state index is 0.0334. The summed E-state index contributed by atoms with van der Waals surface area (Å²) in [6.45, 7) is 3.29. The topological polar surface area (TPSA) is 62.4 Å². The Morgan fingerprint density at radius 3 is 2.88 bits per heavy atom. The minimum Gasteiger partial charge on any atom is -0.376 e. The Morgan fingerprint density at radius 1 is 1.25 bits per heavy atom. The number of H-pyrrole nitrogens is 1. The molecule has 0 saturated carbocycles. The van der Waals surface area contributed by atoms with Crippen LogP contribution in [0.15, 0.2) is 53.3 Å². The largest absolute Gasteiger partial charge is 0.376 e. The number of para-hydroxylation sites is 1. The molecular formula is C25H23ClN2O3S. The summed E-state index contributed by atoms with van der Waals surface area (Å²) >= 11 is 7.99. The Balaban J connectivity index is 1.53. The minimum atomic E-state index is -0.181. The lowest BCUT2D eigenvalue weighted by Crippen LogP contribution is -2.38. The first-order valence-electron chi connectivity index (χ1n) is 10.7. The fourth-order valence-corrected chi connectivity index (χ4v) is 5.78. The number of pyridine rings is 1. The summed E-state index contributed by atoms with van der Waals surface area (Å²) in [5, 5.41) is 2.29. The molecule has 0 bridgehead atoms. The average Bonchev–Trinajstić information content (AvgIpc) is 3.42. The van der Waals surface area contributed by atoms with Crippen LogP contribution < -0.4 is 5.56 Å². The van der Waals surface area contributed by atoms with E-state index < -0.39 is 0 Å². The summed E-state index contributed by atoms with van der Waals surface area (Å²) in [4.78, 5) is 31.7.